The molecule has 3 rings (SSSR count). The number of hydrogen-bond donors (Lipinski definition) is 2. The van der Waals surface area contributed by atoms with Crippen molar-refractivity contribution in [1.29, 1.82) is 0 Å². The van der Waals surface area contributed by atoms with Crippen molar-refractivity contribution in [3.63, 3.8) is 0 Å². The molecule has 32 heavy (non-hydrogen) atoms. The van der Waals surface area contributed by atoms with Crippen molar-refractivity contribution < 1.29 is 14.4 Å². The number of carbonyl (C=O) groups excluding carboxylic acids is 3. The van der Waals surface area contributed by atoms with E-state index in [1.807, 2.05) is 62.4 Å². The van der Waals surface area contributed by atoms with Crippen LogP contribution >= 0.6 is 0 Å². The van der Waals surface area contributed by atoms with E-state index in [-0.39, 0.29) is 36.7 Å². The van der Waals surface area contributed by atoms with Crippen molar-refractivity contribution >= 4 is 28.5 Å². The average Bonchev–Trinajstić information content (AvgIpc) is 2.81. The van der Waals surface area contributed by atoms with Crippen LogP contribution in [0.5, 0.6) is 0 Å². The Labute approximate surface area is 188 Å². The average molecular weight is 432 g/mol. The molecule has 0 heterocycles. The minimum absolute atomic E-state index is 0.0299. The predicted molar refractivity (Wildman–Crippen MR) is 126 cm³/mol. The van der Waals surface area contributed by atoms with Crippen molar-refractivity contribution in [3.05, 3.63) is 83.4 Å². The highest BCUT2D eigenvalue weighted by molar-refractivity contribution is 5.98. The van der Waals surface area contributed by atoms with E-state index in [1.165, 1.54) is 0 Å². The van der Waals surface area contributed by atoms with Crippen LogP contribution in [0.3, 0.4) is 0 Å². The Balaban J connectivity index is 1.43. The molecular weight excluding hydrogens is 402 g/mol. The molecule has 3 aromatic carbocycles. The van der Waals surface area contributed by atoms with Crippen molar-refractivity contribution in [2.45, 2.75) is 32.9 Å². The van der Waals surface area contributed by atoms with Crippen LogP contribution in [-0.2, 0) is 11.3 Å². The second-order valence-electron chi connectivity index (χ2n) is 8.05. The molecule has 166 valence electrons. The maximum atomic E-state index is 12.4. The Morgan fingerprint density at radius 1 is 0.844 bits per heavy atom. The third kappa shape index (κ3) is 5.94. The number of hydrogen-bond acceptors (Lipinski definition) is 3. The number of benzene rings is 3. The van der Waals surface area contributed by atoms with Gasteiger partial charge >= 0.3 is 0 Å². The third-order valence-electron chi connectivity index (χ3n) is 5.43. The van der Waals surface area contributed by atoms with E-state index >= 15 is 0 Å². The minimum atomic E-state index is -0.199. The van der Waals surface area contributed by atoms with Crippen LogP contribution in [-0.4, -0.2) is 42.3 Å². The summed E-state index contributed by atoms with van der Waals surface area (Å²) in [5, 5.41) is 7.71. The molecule has 0 unspecified atom stereocenters. The lowest BCUT2D eigenvalue weighted by Gasteiger charge is -2.21. The van der Waals surface area contributed by atoms with Gasteiger partial charge in [-0.25, -0.2) is 0 Å². The van der Waals surface area contributed by atoms with Gasteiger partial charge in [0.25, 0.3) is 11.8 Å². The molecule has 0 radical (unpaired) electrons. The van der Waals surface area contributed by atoms with Crippen LogP contribution in [0, 0.1) is 0 Å². The quantitative estimate of drug-likeness (QED) is 0.570. The second kappa shape index (κ2) is 10.6. The summed E-state index contributed by atoms with van der Waals surface area (Å²) < 4.78 is 0. The number of nitrogens with zero attached hydrogens (tertiary/aromatic N) is 1. The number of amides is 3. The Kier molecular flexibility index (Phi) is 7.60. The topological polar surface area (TPSA) is 78.5 Å². The third-order valence-corrected chi connectivity index (χ3v) is 5.43. The van der Waals surface area contributed by atoms with Gasteiger partial charge in [-0.05, 0) is 54.4 Å². The van der Waals surface area contributed by atoms with Crippen molar-refractivity contribution in [2.24, 2.45) is 0 Å². The summed E-state index contributed by atoms with van der Waals surface area (Å²) in [5.41, 5.74) is 2.09. The van der Waals surface area contributed by atoms with Crippen LogP contribution in [0.15, 0.2) is 66.7 Å². The molecule has 0 aliphatic carbocycles. The summed E-state index contributed by atoms with van der Waals surface area (Å²) in [5.74, 6) is -0.378. The van der Waals surface area contributed by atoms with E-state index in [0.29, 0.717) is 17.7 Å². The van der Waals surface area contributed by atoms with E-state index in [2.05, 4.69) is 10.6 Å². The summed E-state index contributed by atoms with van der Waals surface area (Å²) >= 11 is 0. The smallest absolute Gasteiger partial charge is 0.253 e. The minimum Gasteiger partial charge on any atom is -0.352 e. The van der Waals surface area contributed by atoms with Gasteiger partial charge in [0.05, 0.1) is 0 Å². The van der Waals surface area contributed by atoms with E-state index in [0.717, 1.165) is 16.3 Å². The molecule has 3 aromatic rings. The van der Waals surface area contributed by atoms with E-state index in [4.69, 9.17) is 0 Å². The zero-order valence-corrected chi connectivity index (χ0v) is 18.7. The highest BCUT2D eigenvalue weighted by atomic mass is 16.2. The van der Waals surface area contributed by atoms with E-state index in [9.17, 15) is 14.4 Å². The van der Waals surface area contributed by atoms with E-state index in [1.54, 1.807) is 30.1 Å². The normalized spacial score (nSPS) is 10.8. The molecule has 0 saturated heterocycles. The molecule has 0 atom stereocenters. The Bertz CT molecular complexity index is 1110. The first-order valence-electron chi connectivity index (χ1n) is 10.7. The van der Waals surface area contributed by atoms with Gasteiger partial charge in [0.1, 0.15) is 0 Å². The summed E-state index contributed by atoms with van der Waals surface area (Å²) in [6, 6.07) is 20.7. The lowest BCUT2D eigenvalue weighted by molar-refractivity contribution is -0.121. The maximum absolute atomic E-state index is 12.4. The summed E-state index contributed by atoms with van der Waals surface area (Å²) in [6.45, 7) is 4.55. The van der Waals surface area contributed by atoms with Crippen LogP contribution in [0.1, 0.15) is 46.5 Å². The highest BCUT2D eigenvalue weighted by Crippen LogP contribution is 2.15. The second-order valence-corrected chi connectivity index (χ2v) is 8.05. The van der Waals surface area contributed by atoms with Crippen molar-refractivity contribution in [1.82, 2.24) is 15.5 Å². The van der Waals surface area contributed by atoms with Gasteiger partial charge < -0.3 is 15.5 Å². The first-order chi connectivity index (χ1) is 15.3. The van der Waals surface area contributed by atoms with E-state index < -0.39 is 0 Å². The summed E-state index contributed by atoms with van der Waals surface area (Å²) in [4.78, 5) is 38.5. The molecule has 6 heteroatoms. The molecule has 0 aromatic heterocycles. The monoisotopic (exact) mass is 431 g/mol. The highest BCUT2D eigenvalue weighted by Gasteiger charge is 2.14. The Morgan fingerprint density at radius 2 is 1.50 bits per heavy atom. The molecule has 0 fully saturated rings. The predicted octanol–water partition coefficient (Wildman–Crippen LogP) is 3.76. The SMILES string of the molecule is CC(C)N(C)C(=O)c1ccc(CNC(=O)CCNC(=O)c2ccc3ccccc3c2)cc1. The lowest BCUT2D eigenvalue weighted by Crippen LogP contribution is -2.33. The Morgan fingerprint density at radius 3 is 2.19 bits per heavy atom. The van der Waals surface area contributed by atoms with Gasteiger partial charge in [0.15, 0.2) is 0 Å². The molecule has 0 aliphatic rings. The van der Waals surface area contributed by atoms with Crippen molar-refractivity contribution in [3.8, 4) is 0 Å². The van der Waals surface area contributed by atoms with Gasteiger partial charge in [-0.3, -0.25) is 14.4 Å². The van der Waals surface area contributed by atoms with Gasteiger partial charge in [0.2, 0.25) is 5.91 Å². The standard InChI is InChI=1S/C26H29N3O3/c1-18(2)29(3)26(32)21-10-8-19(9-11-21)17-28-24(30)14-15-27-25(31)23-13-12-20-6-4-5-7-22(20)16-23/h4-13,16,18H,14-15,17H2,1-3H3,(H,27,31)(H,28,30). The molecule has 0 spiro atoms. The first-order valence-corrected chi connectivity index (χ1v) is 10.7. The summed E-state index contributed by atoms with van der Waals surface area (Å²) in [6.07, 6.45) is 0.190. The maximum Gasteiger partial charge on any atom is 0.253 e. The number of fused-ring (bicyclic) bond motifs is 1. The zero-order valence-electron chi connectivity index (χ0n) is 18.7. The van der Waals surface area contributed by atoms with Crippen LogP contribution < -0.4 is 10.6 Å². The van der Waals surface area contributed by atoms with Gasteiger partial charge in [0, 0.05) is 43.7 Å². The molecular formula is C26H29N3O3. The fourth-order valence-electron chi connectivity index (χ4n) is 3.21. The van der Waals surface area contributed by atoms with Crippen LogP contribution in [0.2, 0.25) is 0 Å². The molecule has 0 bridgehead atoms. The fourth-order valence-corrected chi connectivity index (χ4v) is 3.21. The largest absolute Gasteiger partial charge is 0.352 e. The summed E-state index contributed by atoms with van der Waals surface area (Å²) in [7, 11) is 1.78. The zero-order chi connectivity index (χ0) is 23.1. The van der Waals surface area contributed by atoms with Gasteiger partial charge in [-0.2, -0.15) is 0 Å². The lowest BCUT2D eigenvalue weighted by atomic mass is 10.1. The molecule has 2 N–H and O–H groups in total. The van der Waals surface area contributed by atoms with Crippen LogP contribution in [0.25, 0.3) is 10.8 Å². The Hall–Kier alpha value is -3.67. The van der Waals surface area contributed by atoms with Crippen molar-refractivity contribution in [2.75, 3.05) is 13.6 Å². The molecule has 0 saturated carbocycles. The van der Waals surface area contributed by atoms with Gasteiger partial charge in [-0.1, -0.05) is 42.5 Å². The molecule has 0 aliphatic heterocycles. The number of carbonyl (C=O) groups is 3. The molecule has 6 nitrogen and oxygen atoms in total. The number of nitrogens with one attached hydrogen (secondary N) is 2. The first kappa shape index (κ1) is 23.0. The molecule has 3 amide bonds. The van der Waals surface area contributed by atoms with Crippen LogP contribution in [0.4, 0.5) is 0 Å². The van der Waals surface area contributed by atoms with Gasteiger partial charge in [-0.15, -0.1) is 0 Å². The fraction of sp³-hybridized carbons (Fsp3) is 0.269. The number of rotatable bonds is 8.